The first-order valence-electron chi connectivity index (χ1n) is 7.69. The molecule has 134 valence electrons. The Morgan fingerprint density at radius 2 is 1.80 bits per heavy atom. The van der Waals surface area contributed by atoms with E-state index in [-0.39, 0.29) is 42.3 Å². The van der Waals surface area contributed by atoms with E-state index in [0.29, 0.717) is 13.1 Å². The Morgan fingerprint density at radius 1 is 1.12 bits per heavy atom. The molecule has 0 spiro atoms. The molecule has 0 fully saturated rings. The maximum absolute atomic E-state index is 11.8. The average Bonchev–Trinajstić information content (AvgIpc) is 2.61. The number of hydrogen-bond acceptors (Lipinski definition) is 3. The molecule has 0 saturated heterocycles. The van der Waals surface area contributed by atoms with Crippen LogP contribution >= 0.6 is 24.0 Å². The summed E-state index contributed by atoms with van der Waals surface area (Å²) in [4.78, 5) is 15.9. The molecule has 4 N–H and O–H groups in total. The SMILES string of the molecule is COc1ccc(NC(N)=NCCC(=O)NCc2ccccc2)cc1.I. The summed E-state index contributed by atoms with van der Waals surface area (Å²) < 4.78 is 5.09. The minimum absolute atomic E-state index is 0. The Bertz CT molecular complexity index is 675. The lowest BCUT2D eigenvalue weighted by molar-refractivity contribution is -0.121. The van der Waals surface area contributed by atoms with E-state index >= 15 is 0 Å². The number of benzene rings is 2. The normalized spacial score (nSPS) is 10.5. The first kappa shape index (κ1) is 20.8. The van der Waals surface area contributed by atoms with Gasteiger partial charge in [-0.1, -0.05) is 30.3 Å². The van der Waals surface area contributed by atoms with Gasteiger partial charge in [-0.15, -0.1) is 24.0 Å². The molecule has 2 aromatic rings. The summed E-state index contributed by atoms with van der Waals surface area (Å²) in [6.07, 6.45) is 0.290. The fourth-order valence-electron chi connectivity index (χ4n) is 2.02. The fraction of sp³-hybridized carbons (Fsp3) is 0.222. The van der Waals surface area contributed by atoms with Crippen molar-refractivity contribution >= 4 is 41.5 Å². The zero-order valence-electron chi connectivity index (χ0n) is 14.1. The van der Waals surface area contributed by atoms with E-state index in [4.69, 9.17) is 10.5 Å². The third kappa shape index (κ3) is 7.88. The van der Waals surface area contributed by atoms with Crippen LogP contribution in [0.5, 0.6) is 5.75 Å². The van der Waals surface area contributed by atoms with Crippen molar-refractivity contribution in [2.45, 2.75) is 13.0 Å². The number of hydrogen-bond donors (Lipinski definition) is 3. The predicted molar refractivity (Wildman–Crippen MR) is 111 cm³/mol. The molecule has 1 amide bonds. The molecule has 0 aliphatic rings. The molecule has 0 aliphatic heterocycles. The highest BCUT2D eigenvalue weighted by atomic mass is 127. The number of guanidine groups is 1. The van der Waals surface area contributed by atoms with Gasteiger partial charge < -0.3 is 21.1 Å². The van der Waals surface area contributed by atoms with Gasteiger partial charge in [0.1, 0.15) is 5.75 Å². The van der Waals surface area contributed by atoms with Crippen LogP contribution in [0.2, 0.25) is 0 Å². The van der Waals surface area contributed by atoms with Gasteiger partial charge in [0.2, 0.25) is 5.91 Å². The van der Waals surface area contributed by atoms with Gasteiger partial charge in [-0.2, -0.15) is 0 Å². The van der Waals surface area contributed by atoms with E-state index < -0.39 is 0 Å². The monoisotopic (exact) mass is 454 g/mol. The zero-order chi connectivity index (χ0) is 17.2. The number of rotatable bonds is 7. The maximum Gasteiger partial charge on any atom is 0.222 e. The summed E-state index contributed by atoms with van der Waals surface area (Å²) in [6.45, 7) is 0.846. The highest BCUT2D eigenvalue weighted by Gasteiger charge is 2.01. The Kier molecular flexibility index (Phi) is 9.38. The van der Waals surface area contributed by atoms with E-state index in [0.717, 1.165) is 17.0 Å². The number of aliphatic imine (C=N–C) groups is 1. The van der Waals surface area contributed by atoms with Gasteiger partial charge in [0, 0.05) is 18.7 Å². The second kappa shape index (κ2) is 11.3. The molecule has 0 aliphatic carbocycles. The number of amides is 1. The maximum atomic E-state index is 11.8. The molecule has 0 saturated carbocycles. The smallest absolute Gasteiger partial charge is 0.222 e. The van der Waals surface area contributed by atoms with Crippen molar-refractivity contribution in [2.24, 2.45) is 10.7 Å². The molecule has 2 rings (SSSR count). The van der Waals surface area contributed by atoms with Crippen molar-refractivity contribution in [2.75, 3.05) is 19.0 Å². The van der Waals surface area contributed by atoms with Crippen LogP contribution in [0.4, 0.5) is 5.69 Å². The third-order valence-corrected chi connectivity index (χ3v) is 3.32. The first-order chi connectivity index (χ1) is 11.7. The fourth-order valence-corrected chi connectivity index (χ4v) is 2.02. The van der Waals surface area contributed by atoms with Gasteiger partial charge in [-0.25, -0.2) is 0 Å². The van der Waals surface area contributed by atoms with E-state index in [1.54, 1.807) is 7.11 Å². The molecule has 25 heavy (non-hydrogen) atoms. The molecule has 6 nitrogen and oxygen atoms in total. The van der Waals surface area contributed by atoms with Crippen LogP contribution in [0, 0.1) is 0 Å². The third-order valence-electron chi connectivity index (χ3n) is 3.32. The molecule has 0 atom stereocenters. The van der Waals surface area contributed by atoms with Crippen LogP contribution in [0.3, 0.4) is 0 Å². The van der Waals surface area contributed by atoms with Gasteiger partial charge in [0.05, 0.1) is 13.7 Å². The van der Waals surface area contributed by atoms with Crippen molar-refractivity contribution in [3.63, 3.8) is 0 Å². The van der Waals surface area contributed by atoms with Crippen molar-refractivity contribution in [1.29, 1.82) is 0 Å². The van der Waals surface area contributed by atoms with Crippen molar-refractivity contribution in [3.05, 3.63) is 60.2 Å². The summed E-state index contributed by atoms with van der Waals surface area (Å²) >= 11 is 0. The quantitative estimate of drug-likeness (QED) is 0.341. The molecule has 0 radical (unpaired) electrons. The largest absolute Gasteiger partial charge is 0.497 e. The number of methoxy groups -OCH3 is 1. The van der Waals surface area contributed by atoms with Gasteiger partial charge in [-0.05, 0) is 29.8 Å². The minimum atomic E-state index is -0.0557. The van der Waals surface area contributed by atoms with Crippen LogP contribution in [-0.4, -0.2) is 25.5 Å². The first-order valence-corrected chi connectivity index (χ1v) is 7.69. The van der Waals surface area contributed by atoms with Crippen LogP contribution in [0.25, 0.3) is 0 Å². The predicted octanol–water partition coefficient (Wildman–Crippen LogP) is 2.75. The van der Waals surface area contributed by atoms with Crippen molar-refractivity contribution < 1.29 is 9.53 Å². The summed E-state index contributed by atoms with van der Waals surface area (Å²) in [5, 5.41) is 5.82. The zero-order valence-corrected chi connectivity index (χ0v) is 16.4. The summed E-state index contributed by atoms with van der Waals surface area (Å²) in [7, 11) is 1.61. The van der Waals surface area contributed by atoms with Crippen LogP contribution in [0.1, 0.15) is 12.0 Å². The summed E-state index contributed by atoms with van der Waals surface area (Å²) in [5.74, 6) is 0.988. The summed E-state index contributed by atoms with van der Waals surface area (Å²) in [5.41, 5.74) is 7.68. The topological polar surface area (TPSA) is 88.7 Å². The van der Waals surface area contributed by atoms with Crippen LogP contribution < -0.4 is 21.1 Å². The number of halogens is 1. The number of nitrogens with one attached hydrogen (secondary N) is 2. The average molecular weight is 454 g/mol. The molecule has 7 heteroatoms. The van der Waals surface area contributed by atoms with E-state index in [2.05, 4.69) is 15.6 Å². The van der Waals surface area contributed by atoms with Crippen molar-refractivity contribution in [3.8, 4) is 5.75 Å². The molecule has 0 aromatic heterocycles. The second-order valence-corrected chi connectivity index (χ2v) is 5.13. The lowest BCUT2D eigenvalue weighted by atomic mass is 10.2. The van der Waals surface area contributed by atoms with Gasteiger partial charge in [0.25, 0.3) is 0 Å². The molecule has 0 unspecified atom stereocenters. The van der Waals surface area contributed by atoms with E-state index in [9.17, 15) is 4.79 Å². The van der Waals surface area contributed by atoms with Crippen LogP contribution in [-0.2, 0) is 11.3 Å². The molecular formula is C18H23IN4O2. The molecular weight excluding hydrogens is 431 g/mol. The lowest BCUT2D eigenvalue weighted by Crippen LogP contribution is -2.25. The standard InChI is InChI=1S/C18H22N4O2.HI/c1-24-16-9-7-15(8-10-16)22-18(19)20-12-11-17(23)21-13-14-5-3-2-4-6-14;/h2-10H,11-13H2,1H3,(H,21,23)(H3,19,20,22);1H. The number of ether oxygens (including phenoxy) is 1. The number of nitrogens with two attached hydrogens (primary N) is 1. The van der Waals surface area contributed by atoms with Gasteiger partial charge in [0.15, 0.2) is 5.96 Å². The minimum Gasteiger partial charge on any atom is -0.497 e. The number of carbonyl (C=O) groups is 1. The Balaban J connectivity index is 0.00000312. The molecule has 0 bridgehead atoms. The van der Waals surface area contributed by atoms with Crippen molar-refractivity contribution in [1.82, 2.24) is 5.32 Å². The number of anilines is 1. The lowest BCUT2D eigenvalue weighted by Gasteiger charge is -2.07. The van der Waals surface area contributed by atoms with Gasteiger partial charge >= 0.3 is 0 Å². The Labute approximate surface area is 164 Å². The molecule has 0 heterocycles. The van der Waals surface area contributed by atoms with Gasteiger partial charge in [-0.3, -0.25) is 9.79 Å². The number of carbonyl (C=O) groups excluding carboxylic acids is 1. The highest BCUT2D eigenvalue weighted by molar-refractivity contribution is 14.0. The van der Waals surface area contributed by atoms with E-state index in [1.165, 1.54) is 0 Å². The highest BCUT2D eigenvalue weighted by Crippen LogP contribution is 2.14. The Hall–Kier alpha value is -2.29. The summed E-state index contributed by atoms with van der Waals surface area (Å²) in [6, 6.07) is 17.1. The Morgan fingerprint density at radius 3 is 2.44 bits per heavy atom. The second-order valence-electron chi connectivity index (χ2n) is 5.13. The number of nitrogens with zero attached hydrogens (tertiary/aromatic N) is 1. The van der Waals surface area contributed by atoms with E-state index in [1.807, 2.05) is 54.6 Å². The van der Waals surface area contributed by atoms with Crippen LogP contribution in [0.15, 0.2) is 59.6 Å². The molecule has 2 aromatic carbocycles.